The van der Waals surface area contributed by atoms with E-state index in [1.807, 2.05) is 18.2 Å². The van der Waals surface area contributed by atoms with Crippen LogP contribution in [0.4, 0.5) is 0 Å². The second-order valence-corrected chi connectivity index (χ2v) is 4.81. The molecule has 1 aromatic carbocycles. The van der Waals surface area contributed by atoms with Gasteiger partial charge in [0, 0.05) is 21.2 Å². The van der Waals surface area contributed by atoms with E-state index in [0.717, 1.165) is 4.90 Å². The van der Waals surface area contributed by atoms with E-state index in [0.29, 0.717) is 16.3 Å². The average Bonchev–Trinajstić information content (AvgIpc) is 2.74. The lowest BCUT2D eigenvalue weighted by Crippen LogP contribution is -1.97. The molecule has 0 bridgehead atoms. The Morgan fingerprint density at radius 2 is 2.24 bits per heavy atom. The first-order valence-corrected chi connectivity index (χ1v) is 6.21. The smallest absolute Gasteiger partial charge is 0.372 e. The van der Waals surface area contributed by atoms with Gasteiger partial charge < -0.3 is 9.52 Å². The number of furan rings is 1. The second-order valence-electron chi connectivity index (χ2n) is 3.33. The molecule has 0 fully saturated rings. The van der Waals surface area contributed by atoms with Crippen molar-refractivity contribution in [3.63, 3.8) is 0 Å². The standard InChI is InChI=1S/C12H9ClO3S/c13-9-2-1-3-10(6-9)17-7-8-4-5-16-11(8)12(14)15/h1-6H,7H2,(H,14,15). The van der Waals surface area contributed by atoms with Gasteiger partial charge in [-0.1, -0.05) is 17.7 Å². The average molecular weight is 269 g/mol. The van der Waals surface area contributed by atoms with Crippen molar-refractivity contribution in [1.82, 2.24) is 0 Å². The van der Waals surface area contributed by atoms with E-state index < -0.39 is 5.97 Å². The molecule has 0 amide bonds. The summed E-state index contributed by atoms with van der Waals surface area (Å²) in [6.07, 6.45) is 1.39. The van der Waals surface area contributed by atoms with E-state index in [9.17, 15) is 4.79 Å². The predicted octanol–water partition coefficient (Wildman–Crippen LogP) is 3.92. The second kappa shape index (κ2) is 5.29. The van der Waals surface area contributed by atoms with Crippen LogP contribution >= 0.6 is 23.4 Å². The zero-order chi connectivity index (χ0) is 12.3. The molecule has 0 aliphatic heterocycles. The minimum atomic E-state index is -1.04. The number of carboxylic acid groups (broad SMARTS) is 1. The SMILES string of the molecule is O=C(O)c1occc1CSc1cccc(Cl)c1. The van der Waals surface area contributed by atoms with E-state index in [2.05, 4.69) is 0 Å². The van der Waals surface area contributed by atoms with Crippen molar-refractivity contribution < 1.29 is 14.3 Å². The Hall–Kier alpha value is -1.39. The Labute approximate surface area is 107 Å². The van der Waals surface area contributed by atoms with Crippen LogP contribution in [0.25, 0.3) is 0 Å². The minimum absolute atomic E-state index is 0.000437. The number of halogens is 1. The first-order valence-electron chi connectivity index (χ1n) is 4.85. The number of rotatable bonds is 4. The quantitative estimate of drug-likeness (QED) is 0.854. The summed E-state index contributed by atoms with van der Waals surface area (Å²) in [6.45, 7) is 0. The summed E-state index contributed by atoms with van der Waals surface area (Å²) in [4.78, 5) is 11.8. The van der Waals surface area contributed by atoms with Crippen LogP contribution in [0.5, 0.6) is 0 Å². The molecule has 1 N–H and O–H groups in total. The third-order valence-corrected chi connectivity index (χ3v) is 3.41. The number of aromatic carboxylic acids is 1. The molecule has 0 aliphatic carbocycles. The Morgan fingerprint density at radius 1 is 1.41 bits per heavy atom. The summed E-state index contributed by atoms with van der Waals surface area (Å²) >= 11 is 7.38. The summed E-state index contributed by atoms with van der Waals surface area (Å²) in [5.74, 6) is -0.505. The highest BCUT2D eigenvalue weighted by Crippen LogP contribution is 2.26. The van der Waals surface area contributed by atoms with Crippen molar-refractivity contribution in [1.29, 1.82) is 0 Å². The van der Waals surface area contributed by atoms with Crippen molar-refractivity contribution >= 4 is 29.3 Å². The van der Waals surface area contributed by atoms with Crippen LogP contribution in [0.15, 0.2) is 45.9 Å². The molecule has 0 atom stereocenters. The monoisotopic (exact) mass is 268 g/mol. The third kappa shape index (κ3) is 3.05. The molecular formula is C12H9ClO3S. The summed E-state index contributed by atoms with van der Waals surface area (Å²) in [7, 11) is 0. The molecule has 2 aromatic rings. The molecule has 0 radical (unpaired) electrons. The van der Waals surface area contributed by atoms with Gasteiger partial charge >= 0.3 is 5.97 Å². The van der Waals surface area contributed by atoms with Gasteiger partial charge in [-0.3, -0.25) is 0 Å². The van der Waals surface area contributed by atoms with E-state index in [4.69, 9.17) is 21.1 Å². The molecule has 0 spiro atoms. The maximum absolute atomic E-state index is 10.8. The predicted molar refractivity (Wildman–Crippen MR) is 66.7 cm³/mol. The van der Waals surface area contributed by atoms with E-state index in [1.165, 1.54) is 18.0 Å². The molecule has 0 saturated carbocycles. The molecule has 88 valence electrons. The van der Waals surface area contributed by atoms with Crippen LogP contribution in [-0.2, 0) is 5.75 Å². The number of thioether (sulfide) groups is 1. The summed E-state index contributed by atoms with van der Waals surface area (Å²) in [5, 5.41) is 9.54. The lowest BCUT2D eigenvalue weighted by molar-refractivity contribution is 0.0661. The topological polar surface area (TPSA) is 50.4 Å². The molecule has 3 nitrogen and oxygen atoms in total. The molecular weight excluding hydrogens is 260 g/mol. The van der Waals surface area contributed by atoms with E-state index >= 15 is 0 Å². The highest BCUT2D eigenvalue weighted by atomic mass is 35.5. The first kappa shape index (κ1) is 12.1. The summed E-state index contributed by atoms with van der Waals surface area (Å²) in [5.41, 5.74) is 0.669. The molecule has 0 unspecified atom stereocenters. The van der Waals surface area contributed by atoms with Crippen LogP contribution in [0.3, 0.4) is 0 Å². The van der Waals surface area contributed by atoms with Gasteiger partial charge in [0.25, 0.3) is 0 Å². The van der Waals surface area contributed by atoms with Crippen molar-refractivity contribution in [2.75, 3.05) is 0 Å². The van der Waals surface area contributed by atoms with Crippen molar-refractivity contribution in [2.45, 2.75) is 10.6 Å². The van der Waals surface area contributed by atoms with Crippen LogP contribution in [0, 0.1) is 0 Å². The highest BCUT2D eigenvalue weighted by Gasteiger charge is 2.13. The zero-order valence-electron chi connectivity index (χ0n) is 8.72. The molecule has 1 aromatic heterocycles. The van der Waals surface area contributed by atoms with Gasteiger partial charge in [0.2, 0.25) is 5.76 Å². The fourth-order valence-electron chi connectivity index (χ4n) is 1.35. The molecule has 2 rings (SSSR count). The van der Waals surface area contributed by atoms with E-state index in [1.54, 1.807) is 12.1 Å². The van der Waals surface area contributed by atoms with Crippen molar-refractivity contribution in [2.24, 2.45) is 0 Å². The number of hydrogen-bond acceptors (Lipinski definition) is 3. The summed E-state index contributed by atoms with van der Waals surface area (Å²) in [6, 6.07) is 9.09. The molecule has 0 saturated heterocycles. The molecule has 1 heterocycles. The Morgan fingerprint density at radius 3 is 2.94 bits per heavy atom. The van der Waals surface area contributed by atoms with Gasteiger partial charge in [0.15, 0.2) is 0 Å². The molecule has 17 heavy (non-hydrogen) atoms. The van der Waals surface area contributed by atoms with Crippen molar-refractivity contribution in [3.05, 3.63) is 52.9 Å². The van der Waals surface area contributed by atoms with Gasteiger partial charge in [0.05, 0.1) is 6.26 Å². The largest absolute Gasteiger partial charge is 0.475 e. The Bertz CT molecular complexity index is 536. The third-order valence-electron chi connectivity index (χ3n) is 2.13. The van der Waals surface area contributed by atoms with Gasteiger partial charge in [0.1, 0.15) is 0 Å². The van der Waals surface area contributed by atoms with Gasteiger partial charge in [-0.2, -0.15) is 0 Å². The zero-order valence-corrected chi connectivity index (χ0v) is 10.3. The number of carbonyl (C=O) groups is 1. The van der Waals surface area contributed by atoms with E-state index in [-0.39, 0.29) is 5.76 Å². The van der Waals surface area contributed by atoms with Gasteiger partial charge in [-0.25, -0.2) is 4.79 Å². The van der Waals surface area contributed by atoms with Crippen LogP contribution < -0.4 is 0 Å². The maximum Gasteiger partial charge on any atom is 0.372 e. The fourth-order valence-corrected chi connectivity index (χ4v) is 2.54. The number of benzene rings is 1. The first-order chi connectivity index (χ1) is 8.16. The Balaban J connectivity index is 2.07. The molecule has 0 aliphatic rings. The minimum Gasteiger partial charge on any atom is -0.475 e. The van der Waals surface area contributed by atoms with Crippen LogP contribution in [0.2, 0.25) is 5.02 Å². The molecule has 5 heteroatoms. The van der Waals surface area contributed by atoms with Crippen LogP contribution in [-0.4, -0.2) is 11.1 Å². The van der Waals surface area contributed by atoms with Gasteiger partial charge in [-0.05, 0) is 24.3 Å². The normalized spacial score (nSPS) is 10.4. The lowest BCUT2D eigenvalue weighted by atomic mass is 10.3. The fraction of sp³-hybridized carbons (Fsp3) is 0.0833. The van der Waals surface area contributed by atoms with Crippen LogP contribution in [0.1, 0.15) is 16.1 Å². The lowest BCUT2D eigenvalue weighted by Gasteiger charge is -2.01. The Kier molecular flexibility index (Phi) is 3.76. The highest BCUT2D eigenvalue weighted by molar-refractivity contribution is 7.98. The number of hydrogen-bond donors (Lipinski definition) is 1. The van der Waals surface area contributed by atoms with Gasteiger partial charge in [-0.15, -0.1) is 11.8 Å². The summed E-state index contributed by atoms with van der Waals surface area (Å²) < 4.78 is 4.90. The van der Waals surface area contributed by atoms with Crippen molar-refractivity contribution in [3.8, 4) is 0 Å². The maximum atomic E-state index is 10.8. The number of carboxylic acids is 1.